The van der Waals surface area contributed by atoms with Gasteiger partial charge in [-0.2, -0.15) is 0 Å². The molecule has 0 radical (unpaired) electrons. The second-order valence-electron chi connectivity index (χ2n) is 4.15. The highest BCUT2D eigenvalue weighted by atomic mass is 79.9. The van der Waals surface area contributed by atoms with Gasteiger partial charge < -0.3 is 0 Å². The van der Waals surface area contributed by atoms with Gasteiger partial charge in [0.25, 0.3) is 5.69 Å². The largest absolute Gasteiger partial charge is 0.278 e. The second kappa shape index (κ2) is 4.97. The number of halogens is 1. The van der Waals surface area contributed by atoms with Gasteiger partial charge in [0.15, 0.2) is 0 Å². The van der Waals surface area contributed by atoms with E-state index in [0.29, 0.717) is 15.7 Å². The third kappa shape index (κ3) is 2.04. The van der Waals surface area contributed by atoms with E-state index in [1.165, 1.54) is 6.07 Å². The number of nitrogens with zero attached hydrogens (tertiary/aromatic N) is 3. The zero-order chi connectivity index (χ0) is 14.1. The van der Waals surface area contributed by atoms with Gasteiger partial charge in [-0.25, -0.2) is 0 Å². The lowest BCUT2D eigenvalue weighted by atomic mass is 10.1. The molecule has 0 aliphatic carbocycles. The van der Waals surface area contributed by atoms with Crippen LogP contribution < -0.4 is 0 Å². The maximum atomic E-state index is 11.1. The summed E-state index contributed by atoms with van der Waals surface area (Å²) >= 11 is 3.48. The Kier molecular flexibility index (Phi) is 3.15. The molecule has 0 atom stereocenters. The summed E-state index contributed by atoms with van der Waals surface area (Å²) in [6.45, 7) is 0. The minimum atomic E-state index is -0.418. The standard InChI is InChI=1S/C14H8BrN3O2/c15-13-9-5-1-3-7-11(9)16-17-14(13)10-6-2-4-8-12(10)18(19)20/h1-8H. The van der Waals surface area contributed by atoms with Crippen molar-refractivity contribution in [1.29, 1.82) is 0 Å². The van der Waals surface area contributed by atoms with Crippen LogP contribution in [0.25, 0.3) is 22.2 Å². The Morgan fingerprint density at radius 2 is 1.70 bits per heavy atom. The van der Waals surface area contributed by atoms with Gasteiger partial charge in [-0.15, -0.1) is 10.2 Å². The number of hydrogen-bond donors (Lipinski definition) is 0. The first-order valence-corrected chi connectivity index (χ1v) is 6.62. The van der Waals surface area contributed by atoms with Crippen LogP contribution in [0.3, 0.4) is 0 Å². The zero-order valence-electron chi connectivity index (χ0n) is 10.2. The van der Waals surface area contributed by atoms with Gasteiger partial charge in [-0.3, -0.25) is 10.1 Å². The first kappa shape index (κ1) is 12.7. The minimum Gasteiger partial charge on any atom is -0.258 e. The summed E-state index contributed by atoms with van der Waals surface area (Å²) in [6, 6.07) is 14.0. The number of aromatic nitrogens is 2. The Morgan fingerprint density at radius 1 is 1.00 bits per heavy atom. The molecule has 5 nitrogen and oxygen atoms in total. The molecule has 0 saturated heterocycles. The molecule has 3 rings (SSSR count). The molecule has 1 aromatic heterocycles. The molecule has 0 amide bonds. The van der Waals surface area contributed by atoms with Crippen molar-refractivity contribution in [3.8, 4) is 11.3 Å². The van der Waals surface area contributed by atoms with E-state index in [4.69, 9.17) is 0 Å². The SMILES string of the molecule is O=[N+]([O-])c1ccccc1-c1nnc2ccccc2c1Br. The molecule has 3 aromatic rings. The fourth-order valence-corrected chi connectivity index (χ4v) is 2.66. The molecular weight excluding hydrogens is 322 g/mol. The number of nitro benzene ring substituents is 1. The van der Waals surface area contributed by atoms with Crippen molar-refractivity contribution in [3.05, 3.63) is 63.1 Å². The smallest absolute Gasteiger partial charge is 0.258 e. The van der Waals surface area contributed by atoms with Gasteiger partial charge in [-0.05, 0) is 28.1 Å². The minimum absolute atomic E-state index is 0.0118. The molecule has 0 bridgehead atoms. The van der Waals surface area contributed by atoms with Crippen molar-refractivity contribution >= 4 is 32.5 Å². The molecule has 20 heavy (non-hydrogen) atoms. The Bertz CT molecular complexity index is 820. The molecular formula is C14H8BrN3O2. The summed E-state index contributed by atoms with van der Waals surface area (Å²) in [5.74, 6) is 0. The van der Waals surface area contributed by atoms with Gasteiger partial charge in [0.2, 0.25) is 0 Å². The van der Waals surface area contributed by atoms with Crippen molar-refractivity contribution < 1.29 is 4.92 Å². The molecule has 2 aromatic carbocycles. The summed E-state index contributed by atoms with van der Waals surface area (Å²) in [4.78, 5) is 10.7. The van der Waals surface area contributed by atoms with Crippen molar-refractivity contribution in [3.63, 3.8) is 0 Å². The lowest BCUT2D eigenvalue weighted by Gasteiger charge is -2.06. The molecule has 0 spiro atoms. The van der Waals surface area contributed by atoms with E-state index in [2.05, 4.69) is 26.1 Å². The summed E-state index contributed by atoms with van der Waals surface area (Å²) in [5.41, 5.74) is 1.66. The van der Waals surface area contributed by atoms with E-state index in [9.17, 15) is 10.1 Å². The molecule has 1 heterocycles. The van der Waals surface area contributed by atoms with Gasteiger partial charge in [-0.1, -0.05) is 30.3 Å². The fraction of sp³-hybridized carbons (Fsp3) is 0. The van der Waals surface area contributed by atoms with Crippen molar-refractivity contribution in [1.82, 2.24) is 10.2 Å². The highest BCUT2D eigenvalue weighted by molar-refractivity contribution is 9.10. The predicted molar refractivity (Wildman–Crippen MR) is 79.3 cm³/mol. The Balaban J connectivity index is 2.31. The van der Waals surface area contributed by atoms with Crippen LogP contribution in [0.4, 0.5) is 5.69 Å². The number of benzene rings is 2. The Hall–Kier alpha value is -2.34. The normalized spacial score (nSPS) is 10.7. The summed E-state index contributed by atoms with van der Waals surface area (Å²) in [5, 5.41) is 20.2. The van der Waals surface area contributed by atoms with E-state index in [-0.39, 0.29) is 5.69 Å². The van der Waals surface area contributed by atoms with Gasteiger partial charge >= 0.3 is 0 Å². The molecule has 98 valence electrons. The number of nitro groups is 1. The maximum absolute atomic E-state index is 11.1. The summed E-state index contributed by atoms with van der Waals surface area (Å²) in [6.07, 6.45) is 0. The van der Waals surface area contributed by atoms with Crippen molar-refractivity contribution in [2.45, 2.75) is 0 Å². The monoisotopic (exact) mass is 329 g/mol. The van der Waals surface area contributed by atoms with Crippen LogP contribution in [0.2, 0.25) is 0 Å². The van der Waals surface area contributed by atoms with Crippen LogP contribution in [0.5, 0.6) is 0 Å². The third-order valence-electron chi connectivity index (χ3n) is 2.96. The topological polar surface area (TPSA) is 68.9 Å². The molecule has 0 unspecified atom stereocenters. The quantitative estimate of drug-likeness (QED) is 0.527. The average molecular weight is 330 g/mol. The predicted octanol–water partition coefficient (Wildman–Crippen LogP) is 3.97. The summed E-state index contributed by atoms with van der Waals surface area (Å²) in [7, 11) is 0. The maximum Gasteiger partial charge on any atom is 0.278 e. The summed E-state index contributed by atoms with van der Waals surface area (Å²) < 4.78 is 0.706. The second-order valence-corrected chi connectivity index (χ2v) is 4.95. The Morgan fingerprint density at radius 3 is 2.50 bits per heavy atom. The lowest BCUT2D eigenvalue weighted by Crippen LogP contribution is -1.96. The van der Waals surface area contributed by atoms with E-state index < -0.39 is 4.92 Å². The van der Waals surface area contributed by atoms with Crippen LogP contribution in [0.15, 0.2) is 53.0 Å². The number of rotatable bonds is 2. The number of hydrogen-bond acceptors (Lipinski definition) is 4. The fourth-order valence-electron chi connectivity index (χ4n) is 2.03. The van der Waals surface area contributed by atoms with Crippen LogP contribution in [-0.2, 0) is 0 Å². The van der Waals surface area contributed by atoms with E-state index in [0.717, 1.165) is 10.9 Å². The number of fused-ring (bicyclic) bond motifs is 1. The molecule has 0 saturated carbocycles. The van der Waals surface area contributed by atoms with Gasteiger partial charge in [0, 0.05) is 11.5 Å². The molecule has 0 aliphatic heterocycles. The highest BCUT2D eigenvalue weighted by Crippen LogP contribution is 2.35. The lowest BCUT2D eigenvalue weighted by molar-refractivity contribution is -0.384. The van der Waals surface area contributed by atoms with E-state index in [1.54, 1.807) is 18.2 Å². The van der Waals surface area contributed by atoms with Gasteiger partial charge in [0.05, 0.1) is 20.5 Å². The van der Waals surface area contributed by atoms with Gasteiger partial charge in [0.1, 0.15) is 5.69 Å². The third-order valence-corrected chi connectivity index (χ3v) is 3.76. The first-order chi connectivity index (χ1) is 9.68. The van der Waals surface area contributed by atoms with Crippen molar-refractivity contribution in [2.75, 3.05) is 0 Å². The van der Waals surface area contributed by atoms with Crippen LogP contribution in [0, 0.1) is 10.1 Å². The van der Waals surface area contributed by atoms with Crippen LogP contribution in [-0.4, -0.2) is 15.1 Å². The van der Waals surface area contributed by atoms with Crippen LogP contribution in [0.1, 0.15) is 0 Å². The van der Waals surface area contributed by atoms with Crippen molar-refractivity contribution in [2.24, 2.45) is 0 Å². The average Bonchev–Trinajstić information content (AvgIpc) is 2.48. The first-order valence-electron chi connectivity index (χ1n) is 5.83. The van der Waals surface area contributed by atoms with E-state index >= 15 is 0 Å². The number of para-hydroxylation sites is 1. The molecule has 6 heteroatoms. The molecule has 0 aliphatic rings. The van der Waals surface area contributed by atoms with Crippen LogP contribution >= 0.6 is 15.9 Å². The molecule has 0 fully saturated rings. The zero-order valence-corrected chi connectivity index (χ0v) is 11.7. The highest BCUT2D eigenvalue weighted by Gasteiger charge is 2.19. The Labute approximate surface area is 122 Å². The van der Waals surface area contributed by atoms with E-state index in [1.807, 2.05) is 24.3 Å². The molecule has 0 N–H and O–H groups in total.